The number of aliphatic hydroxyl groups excluding tert-OH is 1. The molecule has 0 radical (unpaired) electrons. The van der Waals surface area contributed by atoms with E-state index in [1.165, 1.54) is 0 Å². The number of carbonyl (C=O) groups is 1. The van der Waals surface area contributed by atoms with Gasteiger partial charge in [-0.15, -0.1) is 0 Å². The van der Waals surface area contributed by atoms with Gasteiger partial charge in [-0.2, -0.15) is 0 Å². The number of rotatable bonds is 5. The molecule has 1 heterocycles. The second-order valence-corrected chi connectivity index (χ2v) is 4.88. The van der Waals surface area contributed by atoms with Crippen LogP contribution in [0.2, 0.25) is 0 Å². The summed E-state index contributed by atoms with van der Waals surface area (Å²) in [5.41, 5.74) is 0.572. The molecule has 4 nitrogen and oxygen atoms in total. The van der Waals surface area contributed by atoms with Crippen LogP contribution in [0, 0.1) is 3.57 Å². The molecule has 0 aliphatic carbocycles. The van der Waals surface area contributed by atoms with Crippen LogP contribution in [0.1, 0.15) is 30.1 Å². The van der Waals surface area contributed by atoms with Crippen LogP contribution in [0.4, 0.5) is 0 Å². The molecule has 1 amide bonds. The molecule has 0 bridgehead atoms. The maximum absolute atomic E-state index is 11.8. The van der Waals surface area contributed by atoms with Gasteiger partial charge >= 0.3 is 0 Å². The van der Waals surface area contributed by atoms with Crippen molar-refractivity contribution in [2.75, 3.05) is 6.61 Å². The Morgan fingerprint density at radius 3 is 3.00 bits per heavy atom. The number of nitrogens with zero attached hydrogens (tertiary/aromatic N) is 1. The SMILES string of the molecule is CC(CCCO)NC(=O)c1cncc(I)c1. The fourth-order valence-electron chi connectivity index (χ4n) is 1.31. The van der Waals surface area contributed by atoms with Gasteiger partial charge in [0.1, 0.15) is 0 Å². The van der Waals surface area contributed by atoms with Gasteiger partial charge in [0.15, 0.2) is 0 Å². The van der Waals surface area contributed by atoms with Crippen molar-refractivity contribution >= 4 is 28.5 Å². The summed E-state index contributed by atoms with van der Waals surface area (Å²) in [6.07, 6.45) is 4.73. The summed E-state index contributed by atoms with van der Waals surface area (Å²) in [5, 5.41) is 11.5. The summed E-state index contributed by atoms with van der Waals surface area (Å²) in [6, 6.07) is 1.86. The minimum Gasteiger partial charge on any atom is -0.396 e. The Balaban J connectivity index is 2.52. The lowest BCUT2D eigenvalue weighted by atomic mass is 10.1. The number of aromatic nitrogens is 1. The average Bonchev–Trinajstić information content (AvgIpc) is 2.26. The van der Waals surface area contributed by atoms with Gasteiger partial charge in [-0.1, -0.05) is 0 Å². The number of hydrogen-bond donors (Lipinski definition) is 2. The van der Waals surface area contributed by atoms with Crippen molar-refractivity contribution < 1.29 is 9.90 Å². The maximum Gasteiger partial charge on any atom is 0.253 e. The lowest BCUT2D eigenvalue weighted by Crippen LogP contribution is -2.32. The number of hydrogen-bond acceptors (Lipinski definition) is 3. The van der Waals surface area contributed by atoms with Crippen LogP contribution >= 0.6 is 22.6 Å². The minimum absolute atomic E-state index is 0.0671. The Kier molecular flexibility index (Phi) is 5.68. The van der Waals surface area contributed by atoms with Crippen molar-refractivity contribution in [2.24, 2.45) is 0 Å². The van der Waals surface area contributed by atoms with Gasteiger partial charge in [0.25, 0.3) is 5.91 Å². The van der Waals surface area contributed by atoms with Gasteiger partial charge in [0.2, 0.25) is 0 Å². The van der Waals surface area contributed by atoms with E-state index in [4.69, 9.17) is 5.11 Å². The molecule has 88 valence electrons. The summed E-state index contributed by atoms with van der Waals surface area (Å²) in [4.78, 5) is 15.7. The highest BCUT2D eigenvalue weighted by molar-refractivity contribution is 14.1. The first-order chi connectivity index (χ1) is 7.63. The molecular formula is C11H15IN2O2. The standard InChI is InChI=1S/C11H15IN2O2/c1-8(3-2-4-15)14-11(16)9-5-10(12)7-13-6-9/h5-8,15H,2-4H2,1H3,(H,14,16). The second kappa shape index (κ2) is 6.80. The molecule has 16 heavy (non-hydrogen) atoms. The smallest absolute Gasteiger partial charge is 0.253 e. The molecule has 0 aliphatic rings. The monoisotopic (exact) mass is 334 g/mol. The molecule has 0 saturated carbocycles. The van der Waals surface area contributed by atoms with E-state index in [-0.39, 0.29) is 18.6 Å². The highest BCUT2D eigenvalue weighted by atomic mass is 127. The highest BCUT2D eigenvalue weighted by Gasteiger charge is 2.09. The van der Waals surface area contributed by atoms with E-state index in [1.807, 2.05) is 6.92 Å². The van der Waals surface area contributed by atoms with Crippen molar-refractivity contribution in [1.82, 2.24) is 10.3 Å². The third-order valence-electron chi connectivity index (χ3n) is 2.14. The molecule has 0 aliphatic heterocycles. The summed E-state index contributed by atoms with van der Waals surface area (Å²) in [6.45, 7) is 2.08. The molecule has 1 aromatic rings. The number of pyridine rings is 1. The average molecular weight is 334 g/mol. The first kappa shape index (κ1) is 13.4. The fraction of sp³-hybridized carbons (Fsp3) is 0.455. The van der Waals surface area contributed by atoms with Gasteiger partial charge in [0.05, 0.1) is 5.56 Å². The topological polar surface area (TPSA) is 62.2 Å². The molecule has 2 N–H and O–H groups in total. The van der Waals surface area contributed by atoms with E-state index in [0.29, 0.717) is 12.0 Å². The summed E-state index contributed by atoms with van der Waals surface area (Å²) < 4.78 is 0.938. The van der Waals surface area contributed by atoms with Gasteiger partial charge in [-0.25, -0.2) is 0 Å². The van der Waals surface area contributed by atoms with Gasteiger partial charge in [0, 0.05) is 28.6 Å². The van der Waals surface area contributed by atoms with Gasteiger partial charge in [-0.05, 0) is 48.4 Å². The van der Waals surface area contributed by atoms with E-state index < -0.39 is 0 Å². The van der Waals surface area contributed by atoms with Crippen molar-refractivity contribution in [3.63, 3.8) is 0 Å². The van der Waals surface area contributed by atoms with Crippen molar-refractivity contribution in [3.8, 4) is 0 Å². The lowest BCUT2D eigenvalue weighted by Gasteiger charge is -2.12. The first-order valence-electron chi connectivity index (χ1n) is 5.15. The Morgan fingerprint density at radius 1 is 1.62 bits per heavy atom. The zero-order valence-corrected chi connectivity index (χ0v) is 11.3. The molecule has 1 aromatic heterocycles. The zero-order valence-electron chi connectivity index (χ0n) is 9.11. The normalized spacial score (nSPS) is 12.2. The van der Waals surface area contributed by atoms with Crippen LogP contribution < -0.4 is 5.32 Å². The van der Waals surface area contributed by atoms with Crippen LogP contribution in [-0.4, -0.2) is 28.6 Å². The van der Waals surface area contributed by atoms with Crippen LogP contribution in [0.25, 0.3) is 0 Å². The van der Waals surface area contributed by atoms with Crippen LogP contribution in [-0.2, 0) is 0 Å². The van der Waals surface area contributed by atoms with E-state index in [0.717, 1.165) is 9.99 Å². The van der Waals surface area contributed by atoms with Crippen molar-refractivity contribution in [1.29, 1.82) is 0 Å². The predicted octanol–water partition coefficient (Wildman–Crippen LogP) is 1.58. The second-order valence-electron chi connectivity index (χ2n) is 3.63. The van der Waals surface area contributed by atoms with E-state index in [2.05, 4.69) is 32.9 Å². The molecular weight excluding hydrogens is 319 g/mol. The molecule has 1 rings (SSSR count). The molecule has 5 heteroatoms. The van der Waals surface area contributed by atoms with Crippen LogP contribution in [0.15, 0.2) is 18.5 Å². The van der Waals surface area contributed by atoms with E-state index in [1.54, 1.807) is 18.5 Å². The Hall–Kier alpha value is -0.690. The Bertz CT molecular complexity index is 358. The fourth-order valence-corrected chi connectivity index (χ4v) is 1.81. The molecule has 1 atom stereocenters. The predicted molar refractivity (Wildman–Crippen MR) is 70.2 cm³/mol. The van der Waals surface area contributed by atoms with Crippen LogP contribution in [0.3, 0.4) is 0 Å². The Morgan fingerprint density at radius 2 is 2.38 bits per heavy atom. The first-order valence-corrected chi connectivity index (χ1v) is 6.23. The number of aliphatic hydroxyl groups is 1. The van der Waals surface area contributed by atoms with E-state index >= 15 is 0 Å². The van der Waals surface area contributed by atoms with Crippen molar-refractivity contribution in [3.05, 3.63) is 27.6 Å². The minimum atomic E-state index is -0.114. The quantitative estimate of drug-likeness (QED) is 0.804. The van der Waals surface area contributed by atoms with Gasteiger partial charge < -0.3 is 10.4 Å². The largest absolute Gasteiger partial charge is 0.396 e. The highest BCUT2D eigenvalue weighted by Crippen LogP contribution is 2.06. The summed E-state index contributed by atoms with van der Waals surface area (Å²) >= 11 is 2.12. The number of amides is 1. The number of halogens is 1. The van der Waals surface area contributed by atoms with Crippen LogP contribution in [0.5, 0.6) is 0 Å². The van der Waals surface area contributed by atoms with Crippen molar-refractivity contribution in [2.45, 2.75) is 25.8 Å². The third kappa shape index (κ3) is 4.44. The Labute approximate surface area is 109 Å². The maximum atomic E-state index is 11.8. The molecule has 0 aromatic carbocycles. The molecule has 0 saturated heterocycles. The van der Waals surface area contributed by atoms with E-state index in [9.17, 15) is 4.79 Å². The molecule has 0 fully saturated rings. The summed E-state index contributed by atoms with van der Waals surface area (Å²) in [7, 11) is 0. The number of nitrogens with one attached hydrogen (secondary N) is 1. The zero-order chi connectivity index (χ0) is 12.0. The molecule has 0 spiro atoms. The number of carbonyl (C=O) groups excluding carboxylic acids is 1. The molecule has 1 unspecified atom stereocenters. The lowest BCUT2D eigenvalue weighted by molar-refractivity contribution is 0.0936. The third-order valence-corrected chi connectivity index (χ3v) is 2.73. The van der Waals surface area contributed by atoms with Gasteiger partial charge in [-0.3, -0.25) is 9.78 Å². The summed E-state index contributed by atoms with van der Waals surface area (Å²) in [5.74, 6) is -0.114.